The van der Waals surface area contributed by atoms with Crippen LogP contribution in [-0.4, -0.2) is 23.4 Å². The maximum atomic E-state index is 9.00. The monoisotopic (exact) mass is 212 g/mol. The molecule has 0 aromatic carbocycles. The van der Waals surface area contributed by atoms with Crippen molar-refractivity contribution in [3.8, 4) is 0 Å². The summed E-state index contributed by atoms with van der Waals surface area (Å²) in [6, 6.07) is 0. The predicted molar refractivity (Wildman–Crippen MR) is 60.7 cm³/mol. The van der Waals surface area contributed by atoms with E-state index in [0.717, 1.165) is 12.3 Å². The first-order valence-electron chi connectivity index (χ1n) is 6.24. The van der Waals surface area contributed by atoms with Crippen molar-refractivity contribution in [2.24, 2.45) is 11.3 Å². The Kier molecular flexibility index (Phi) is 2.85. The molecule has 2 fully saturated rings. The van der Waals surface area contributed by atoms with Crippen molar-refractivity contribution in [3.63, 3.8) is 0 Å². The molecular weight excluding hydrogens is 188 g/mol. The van der Waals surface area contributed by atoms with E-state index >= 15 is 0 Å². The van der Waals surface area contributed by atoms with E-state index < -0.39 is 0 Å². The summed E-state index contributed by atoms with van der Waals surface area (Å²) >= 11 is 0. The van der Waals surface area contributed by atoms with Crippen LogP contribution in [0, 0.1) is 11.3 Å². The Labute approximate surface area is 93.0 Å². The molecule has 3 atom stereocenters. The Morgan fingerprint density at radius 3 is 2.53 bits per heavy atom. The molecule has 1 saturated heterocycles. The molecule has 2 heteroatoms. The average molecular weight is 212 g/mol. The van der Waals surface area contributed by atoms with Crippen LogP contribution in [0.5, 0.6) is 0 Å². The molecule has 15 heavy (non-hydrogen) atoms. The number of aliphatic hydroxyl groups excluding tert-OH is 1. The number of ether oxygens (including phenoxy) is 1. The van der Waals surface area contributed by atoms with Crippen LogP contribution in [0.25, 0.3) is 0 Å². The third-order valence-corrected chi connectivity index (χ3v) is 4.25. The molecule has 1 heterocycles. The number of hydrogen-bond acceptors (Lipinski definition) is 2. The number of aliphatic hydroxyl groups is 1. The Hall–Kier alpha value is -0.0800. The molecule has 0 aromatic heterocycles. The summed E-state index contributed by atoms with van der Waals surface area (Å²) in [4.78, 5) is 0. The molecule has 1 aliphatic carbocycles. The minimum Gasteiger partial charge on any atom is -0.394 e. The lowest BCUT2D eigenvalue weighted by Crippen LogP contribution is -2.55. The predicted octanol–water partition coefficient (Wildman–Crippen LogP) is 2.74. The van der Waals surface area contributed by atoms with Crippen molar-refractivity contribution < 1.29 is 9.84 Å². The van der Waals surface area contributed by atoms with Gasteiger partial charge in [0.2, 0.25) is 0 Å². The van der Waals surface area contributed by atoms with Gasteiger partial charge >= 0.3 is 0 Å². The average Bonchev–Trinajstić information content (AvgIpc) is 2.12. The zero-order chi connectivity index (χ0) is 11.1. The standard InChI is InChI=1S/C13H24O2/c1-12(2,3)10-5-4-6-13(7-10)8-11(9-14)15-13/h10-11,14H,4-9H2,1-3H3/t10-,11?,13-/m0/s1. The fourth-order valence-electron chi connectivity index (χ4n) is 3.22. The lowest BCUT2D eigenvalue weighted by atomic mass is 9.64. The fraction of sp³-hybridized carbons (Fsp3) is 1.00. The van der Waals surface area contributed by atoms with E-state index in [1.807, 2.05) is 0 Å². The molecule has 1 saturated carbocycles. The van der Waals surface area contributed by atoms with Crippen molar-refractivity contribution in [2.75, 3.05) is 6.61 Å². The lowest BCUT2D eigenvalue weighted by molar-refractivity contribution is -0.241. The van der Waals surface area contributed by atoms with Gasteiger partial charge < -0.3 is 9.84 Å². The van der Waals surface area contributed by atoms with Gasteiger partial charge in [0, 0.05) is 6.42 Å². The second-order valence-electron chi connectivity index (χ2n) is 6.47. The molecule has 0 amide bonds. The first kappa shape index (κ1) is 11.4. The number of rotatable bonds is 1. The van der Waals surface area contributed by atoms with Crippen molar-refractivity contribution in [2.45, 2.75) is 64.6 Å². The van der Waals surface area contributed by atoms with Crippen LogP contribution in [0.15, 0.2) is 0 Å². The maximum absolute atomic E-state index is 9.00. The summed E-state index contributed by atoms with van der Waals surface area (Å²) in [5.41, 5.74) is 0.546. The highest BCUT2D eigenvalue weighted by Crippen LogP contribution is 2.50. The molecular formula is C13H24O2. The van der Waals surface area contributed by atoms with E-state index in [2.05, 4.69) is 20.8 Å². The highest BCUT2D eigenvalue weighted by atomic mass is 16.5. The van der Waals surface area contributed by atoms with Crippen LogP contribution >= 0.6 is 0 Å². The smallest absolute Gasteiger partial charge is 0.0840 e. The zero-order valence-electron chi connectivity index (χ0n) is 10.3. The van der Waals surface area contributed by atoms with Crippen LogP contribution in [-0.2, 0) is 4.74 Å². The Bertz CT molecular complexity index is 223. The van der Waals surface area contributed by atoms with Gasteiger partial charge in [-0.05, 0) is 30.6 Å². The van der Waals surface area contributed by atoms with Gasteiger partial charge in [-0.3, -0.25) is 0 Å². The Balaban J connectivity index is 1.94. The van der Waals surface area contributed by atoms with Gasteiger partial charge in [0.05, 0.1) is 18.3 Å². The molecule has 2 aliphatic rings. The van der Waals surface area contributed by atoms with Gasteiger partial charge in [0.1, 0.15) is 0 Å². The van der Waals surface area contributed by atoms with Crippen molar-refractivity contribution >= 4 is 0 Å². The minimum atomic E-state index is 0.128. The lowest BCUT2D eigenvalue weighted by Gasteiger charge is -2.53. The molecule has 1 spiro atoms. The zero-order valence-corrected chi connectivity index (χ0v) is 10.3. The third-order valence-electron chi connectivity index (χ3n) is 4.25. The first-order chi connectivity index (χ1) is 6.95. The van der Waals surface area contributed by atoms with E-state index in [1.54, 1.807) is 0 Å². The molecule has 1 aliphatic heterocycles. The summed E-state index contributed by atoms with van der Waals surface area (Å²) in [6.45, 7) is 7.19. The van der Waals surface area contributed by atoms with Crippen LogP contribution < -0.4 is 0 Å². The van der Waals surface area contributed by atoms with Crippen LogP contribution in [0.1, 0.15) is 52.9 Å². The summed E-state index contributed by atoms with van der Waals surface area (Å²) in [6.07, 6.45) is 6.25. The second-order valence-corrected chi connectivity index (χ2v) is 6.47. The van der Waals surface area contributed by atoms with Crippen molar-refractivity contribution in [3.05, 3.63) is 0 Å². The van der Waals surface area contributed by atoms with Gasteiger partial charge in [0.15, 0.2) is 0 Å². The topological polar surface area (TPSA) is 29.5 Å². The van der Waals surface area contributed by atoms with E-state index in [4.69, 9.17) is 9.84 Å². The summed E-state index contributed by atoms with van der Waals surface area (Å²) in [7, 11) is 0. The summed E-state index contributed by atoms with van der Waals surface area (Å²) < 4.78 is 5.89. The van der Waals surface area contributed by atoms with Gasteiger partial charge in [0.25, 0.3) is 0 Å². The fourth-order valence-corrected chi connectivity index (χ4v) is 3.22. The summed E-state index contributed by atoms with van der Waals surface area (Å²) in [5.74, 6) is 0.783. The normalized spacial score (nSPS) is 41.6. The largest absolute Gasteiger partial charge is 0.394 e. The van der Waals surface area contributed by atoms with Crippen molar-refractivity contribution in [1.29, 1.82) is 0 Å². The van der Waals surface area contributed by atoms with E-state index in [9.17, 15) is 0 Å². The van der Waals surface area contributed by atoms with Gasteiger partial charge in [-0.1, -0.05) is 27.2 Å². The van der Waals surface area contributed by atoms with Crippen LogP contribution in [0.4, 0.5) is 0 Å². The van der Waals surface area contributed by atoms with Gasteiger partial charge in [-0.15, -0.1) is 0 Å². The SMILES string of the molecule is CC(C)(C)[C@H]1CCC[C@@]2(CC(CO)O2)C1. The molecule has 0 bridgehead atoms. The maximum Gasteiger partial charge on any atom is 0.0840 e. The van der Waals surface area contributed by atoms with Crippen LogP contribution in [0.2, 0.25) is 0 Å². The van der Waals surface area contributed by atoms with E-state index in [-0.39, 0.29) is 18.3 Å². The molecule has 88 valence electrons. The third kappa shape index (κ3) is 2.21. The molecule has 0 aromatic rings. The first-order valence-corrected chi connectivity index (χ1v) is 6.24. The minimum absolute atomic E-state index is 0.128. The van der Waals surface area contributed by atoms with Gasteiger partial charge in [-0.2, -0.15) is 0 Å². The Morgan fingerprint density at radius 1 is 1.33 bits per heavy atom. The molecule has 2 nitrogen and oxygen atoms in total. The van der Waals surface area contributed by atoms with E-state index in [0.29, 0.717) is 5.41 Å². The Morgan fingerprint density at radius 2 is 2.00 bits per heavy atom. The molecule has 0 radical (unpaired) electrons. The summed E-state index contributed by atoms with van der Waals surface area (Å²) in [5, 5.41) is 9.00. The van der Waals surface area contributed by atoms with Crippen molar-refractivity contribution in [1.82, 2.24) is 0 Å². The molecule has 2 rings (SSSR count). The highest BCUT2D eigenvalue weighted by molar-refractivity contribution is 4.99. The van der Waals surface area contributed by atoms with Crippen LogP contribution in [0.3, 0.4) is 0 Å². The molecule has 1 N–H and O–H groups in total. The number of hydrogen-bond donors (Lipinski definition) is 1. The quantitative estimate of drug-likeness (QED) is 0.724. The second kappa shape index (κ2) is 3.74. The highest BCUT2D eigenvalue weighted by Gasteiger charge is 2.49. The molecule has 1 unspecified atom stereocenters. The van der Waals surface area contributed by atoms with Gasteiger partial charge in [-0.25, -0.2) is 0 Å². The van der Waals surface area contributed by atoms with E-state index in [1.165, 1.54) is 25.7 Å².